The fourth-order valence-electron chi connectivity index (χ4n) is 5.77. The molecular weight excluding hydrogens is 440 g/mol. The number of fused-ring (bicyclic) bond motifs is 4. The third-order valence-electron chi connectivity index (χ3n) is 7.48. The Hall–Kier alpha value is -3.50. The number of likely N-dealkylation sites (N-methyl/N-ethyl adjacent to an activating group) is 1. The predicted octanol–water partition coefficient (Wildman–Crippen LogP) is 3.88. The molecule has 0 spiro atoms. The lowest BCUT2D eigenvalue weighted by Gasteiger charge is -2.45. The number of hydrogen-bond donors (Lipinski definition) is 1. The maximum Gasteiger partial charge on any atom is 0.328 e. The van der Waals surface area contributed by atoms with Crippen LogP contribution < -0.4 is 4.74 Å². The summed E-state index contributed by atoms with van der Waals surface area (Å²) >= 11 is 0. The average Bonchev–Trinajstić information content (AvgIpc) is 3.29. The van der Waals surface area contributed by atoms with Crippen LogP contribution in [0, 0.1) is 18.3 Å². The van der Waals surface area contributed by atoms with E-state index in [1.165, 1.54) is 4.90 Å². The van der Waals surface area contributed by atoms with Crippen molar-refractivity contribution in [1.29, 1.82) is 0 Å². The van der Waals surface area contributed by atoms with Crippen LogP contribution in [0.1, 0.15) is 37.6 Å². The van der Waals surface area contributed by atoms with Crippen LogP contribution >= 0.6 is 0 Å². The van der Waals surface area contributed by atoms with Gasteiger partial charge >= 0.3 is 6.03 Å². The zero-order valence-corrected chi connectivity index (χ0v) is 20.6. The number of imide groups is 1. The number of aromatic nitrogens is 1. The lowest BCUT2D eigenvalue weighted by atomic mass is 9.78. The number of carbonyl (C=O) groups excluding carboxylic acids is 2. The molecule has 2 aliphatic heterocycles. The maximum absolute atomic E-state index is 13.8. The van der Waals surface area contributed by atoms with Crippen LogP contribution in [-0.4, -0.2) is 70.4 Å². The Morgan fingerprint density at radius 3 is 2.86 bits per heavy atom. The predicted molar refractivity (Wildman–Crippen MR) is 136 cm³/mol. The number of carbonyl (C=O) groups is 2. The molecule has 7 nitrogen and oxygen atoms in total. The van der Waals surface area contributed by atoms with Gasteiger partial charge in [0.15, 0.2) is 0 Å². The largest absolute Gasteiger partial charge is 0.494 e. The van der Waals surface area contributed by atoms with Gasteiger partial charge in [0, 0.05) is 42.0 Å². The van der Waals surface area contributed by atoms with E-state index < -0.39 is 5.54 Å². The molecule has 7 heteroatoms. The molecule has 1 fully saturated rings. The summed E-state index contributed by atoms with van der Waals surface area (Å²) in [5, 5.41) is 1.06. The van der Waals surface area contributed by atoms with Crippen molar-refractivity contribution in [2.75, 3.05) is 33.3 Å². The first kappa shape index (κ1) is 23.3. The van der Waals surface area contributed by atoms with E-state index in [0.29, 0.717) is 32.7 Å². The van der Waals surface area contributed by atoms with Crippen molar-refractivity contribution in [3.05, 3.63) is 53.8 Å². The first-order valence-corrected chi connectivity index (χ1v) is 12.3. The molecule has 3 atom stereocenters. The van der Waals surface area contributed by atoms with Gasteiger partial charge in [-0.2, -0.15) is 0 Å². The third-order valence-corrected chi connectivity index (χ3v) is 7.48. The van der Waals surface area contributed by atoms with Gasteiger partial charge in [-0.05, 0) is 51.1 Å². The first-order chi connectivity index (χ1) is 16.9. The van der Waals surface area contributed by atoms with Gasteiger partial charge in [0.25, 0.3) is 5.91 Å². The topological polar surface area (TPSA) is 68.9 Å². The highest BCUT2D eigenvalue weighted by Gasteiger charge is 2.60. The number of nitrogens with one attached hydrogen (secondary N) is 1. The number of allylic oxidation sites excluding steroid dienone is 3. The molecule has 1 aromatic heterocycles. The number of hydrogen-bond acceptors (Lipinski definition) is 4. The fourth-order valence-corrected chi connectivity index (χ4v) is 5.77. The molecule has 1 unspecified atom stereocenters. The monoisotopic (exact) mass is 472 g/mol. The minimum absolute atomic E-state index is 0.0682. The van der Waals surface area contributed by atoms with Crippen molar-refractivity contribution in [1.82, 2.24) is 19.7 Å². The molecule has 2 aromatic rings. The van der Waals surface area contributed by atoms with E-state index in [2.05, 4.69) is 29.1 Å². The summed E-state index contributed by atoms with van der Waals surface area (Å²) in [7, 11) is 1.90. The molecule has 3 amide bonds. The van der Waals surface area contributed by atoms with E-state index in [4.69, 9.17) is 11.2 Å². The Balaban J connectivity index is 1.59. The van der Waals surface area contributed by atoms with Gasteiger partial charge in [-0.3, -0.25) is 14.6 Å². The molecule has 1 aromatic carbocycles. The molecule has 0 radical (unpaired) electrons. The second-order valence-electron chi connectivity index (χ2n) is 9.82. The summed E-state index contributed by atoms with van der Waals surface area (Å²) in [6, 6.07) is 5.54. The van der Waals surface area contributed by atoms with Gasteiger partial charge in [-0.15, -0.1) is 6.42 Å². The molecule has 5 rings (SSSR count). The van der Waals surface area contributed by atoms with Gasteiger partial charge in [0.2, 0.25) is 0 Å². The Bertz CT molecular complexity index is 1270. The lowest BCUT2D eigenvalue weighted by molar-refractivity contribution is -0.133. The molecule has 1 saturated heterocycles. The Morgan fingerprint density at radius 1 is 1.31 bits per heavy atom. The van der Waals surface area contributed by atoms with Crippen LogP contribution in [-0.2, 0) is 11.2 Å². The number of rotatable bonds is 7. The summed E-state index contributed by atoms with van der Waals surface area (Å²) in [6.07, 6.45) is 15.0. The first-order valence-electron chi connectivity index (χ1n) is 12.3. The van der Waals surface area contributed by atoms with Crippen LogP contribution in [0.2, 0.25) is 0 Å². The second kappa shape index (κ2) is 8.94. The highest BCUT2D eigenvalue weighted by Crippen LogP contribution is 2.50. The van der Waals surface area contributed by atoms with E-state index in [9.17, 15) is 9.59 Å². The van der Waals surface area contributed by atoms with E-state index >= 15 is 0 Å². The highest BCUT2D eigenvalue weighted by atomic mass is 16.5. The molecule has 3 aliphatic rings. The van der Waals surface area contributed by atoms with Crippen molar-refractivity contribution in [3.63, 3.8) is 0 Å². The van der Waals surface area contributed by atoms with Gasteiger partial charge in [0.1, 0.15) is 11.3 Å². The fraction of sp³-hybridized carbons (Fsp3) is 0.429. The minimum atomic E-state index is -0.953. The van der Waals surface area contributed by atoms with Crippen molar-refractivity contribution in [3.8, 4) is 18.1 Å². The smallest absolute Gasteiger partial charge is 0.328 e. The zero-order valence-electron chi connectivity index (χ0n) is 20.6. The summed E-state index contributed by atoms with van der Waals surface area (Å²) in [5.41, 5.74) is 2.16. The summed E-state index contributed by atoms with van der Waals surface area (Å²) in [4.78, 5) is 36.5. The second-order valence-corrected chi connectivity index (χ2v) is 9.82. The van der Waals surface area contributed by atoms with Crippen molar-refractivity contribution >= 4 is 22.8 Å². The van der Waals surface area contributed by atoms with Gasteiger partial charge in [0.05, 0.1) is 19.2 Å². The quantitative estimate of drug-likeness (QED) is 0.491. The Morgan fingerprint density at radius 2 is 2.14 bits per heavy atom. The van der Waals surface area contributed by atoms with Crippen molar-refractivity contribution in [2.45, 2.75) is 38.3 Å². The molecule has 35 heavy (non-hydrogen) atoms. The summed E-state index contributed by atoms with van der Waals surface area (Å²) in [6.45, 7) is 5.79. The summed E-state index contributed by atoms with van der Waals surface area (Å²) in [5.74, 6) is 3.34. The van der Waals surface area contributed by atoms with E-state index in [0.717, 1.165) is 34.3 Å². The number of terminal acetylenes is 1. The Kier molecular flexibility index (Phi) is 5.94. The van der Waals surface area contributed by atoms with Gasteiger partial charge < -0.3 is 14.6 Å². The standard InChI is InChI=1S/C28H32N4O3/c1-5-14-30(4)15-16-31-26(33)28(3)18-22-21-17-20(35-6-2)12-13-23(21)29-24(22)25(32(28)27(31)34)19-10-8-7-9-11-19/h1,7-10,12-13,17,19,25,29H,6,11,14-16,18H2,2-4H3/t19?,25-,28+/m1/s1. The molecule has 182 valence electrons. The van der Waals surface area contributed by atoms with Gasteiger partial charge in [-0.25, -0.2) is 4.79 Å². The number of ether oxygens (including phenoxy) is 1. The molecule has 1 N–H and O–H groups in total. The highest BCUT2D eigenvalue weighted by molar-refractivity contribution is 6.08. The molecule has 0 bridgehead atoms. The Labute approximate surface area is 206 Å². The number of nitrogens with zero attached hydrogens (tertiary/aromatic N) is 3. The van der Waals surface area contributed by atoms with Crippen molar-refractivity contribution in [2.24, 2.45) is 5.92 Å². The van der Waals surface area contributed by atoms with Crippen LogP contribution in [0.4, 0.5) is 4.79 Å². The van der Waals surface area contributed by atoms with E-state index in [1.54, 1.807) is 0 Å². The lowest BCUT2D eigenvalue weighted by Crippen LogP contribution is -2.54. The average molecular weight is 473 g/mol. The third kappa shape index (κ3) is 3.73. The molecule has 1 aliphatic carbocycles. The number of H-pyrrole nitrogens is 1. The van der Waals surface area contributed by atoms with E-state index in [1.807, 2.05) is 55.0 Å². The minimum Gasteiger partial charge on any atom is -0.494 e. The maximum atomic E-state index is 13.8. The summed E-state index contributed by atoms with van der Waals surface area (Å²) < 4.78 is 5.77. The zero-order chi connectivity index (χ0) is 24.7. The number of aromatic amines is 1. The number of amides is 3. The van der Waals surface area contributed by atoms with E-state index in [-0.39, 0.29) is 23.9 Å². The van der Waals surface area contributed by atoms with Crippen LogP contribution in [0.5, 0.6) is 5.75 Å². The normalized spacial score (nSPS) is 25.3. The number of benzene rings is 1. The molecule has 3 heterocycles. The van der Waals surface area contributed by atoms with Crippen LogP contribution in [0.3, 0.4) is 0 Å². The van der Waals surface area contributed by atoms with Crippen molar-refractivity contribution < 1.29 is 14.3 Å². The molecule has 0 saturated carbocycles. The van der Waals surface area contributed by atoms with Crippen LogP contribution in [0.25, 0.3) is 10.9 Å². The van der Waals surface area contributed by atoms with Crippen LogP contribution in [0.15, 0.2) is 42.5 Å². The molecular formula is C28H32N4O3. The van der Waals surface area contributed by atoms with Gasteiger partial charge in [-0.1, -0.05) is 30.2 Å². The SMILES string of the molecule is C#CCN(C)CCN1C(=O)N2[C@H](C3C=CC=CC3)c3[nH]c4ccc(OCC)cc4c3C[C@@]2(C)C1=O. The number of urea groups is 1.